The lowest BCUT2D eigenvalue weighted by atomic mass is 10.1. The van der Waals surface area contributed by atoms with Crippen molar-refractivity contribution in [3.63, 3.8) is 0 Å². The number of halogens is 1. The summed E-state index contributed by atoms with van der Waals surface area (Å²) in [6.45, 7) is 0.627. The Morgan fingerprint density at radius 3 is 2.63 bits per heavy atom. The van der Waals surface area contributed by atoms with Crippen LogP contribution in [-0.2, 0) is 0 Å². The molecule has 1 fully saturated rings. The lowest BCUT2D eigenvalue weighted by molar-refractivity contribution is 0.239. The zero-order chi connectivity index (χ0) is 18.2. The van der Waals surface area contributed by atoms with Crippen molar-refractivity contribution in [2.45, 2.75) is 25.7 Å². The monoisotopic (exact) mass is 361 g/mol. The second kappa shape index (κ2) is 6.65. The highest BCUT2D eigenvalue weighted by atomic mass is 19.1. The van der Waals surface area contributed by atoms with Crippen LogP contribution < -0.4 is 4.74 Å². The van der Waals surface area contributed by atoms with Crippen LogP contribution in [0.3, 0.4) is 0 Å². The van der Waals surface area contributed by atoms with Gasteiger partial charge in [-0.3, -0.25) is 4.98 Å². The van der Waals surface area contributed by atoms with Crippen LogP contribution in [-0.4, -0.2) is 21.4 Å². The predicted octanol–water partition coefficient (Wildman–Crippen LogP) is 5.28. The molecule has 1 aliphatic rings. The summed E-state index contributed by atoms with van der Waals surface area (Å²) >= 11 is 0. The fourth-order valence-corrected chi connectivity index (χ4v) is 3.95. The smallest absolute Gasteiger partial charge is 0.226 e. The average molecular weight is 361 g/mol. The van der Waals surface area contributed by atoms with Crippen LogP contribution in [0.2, 0.25) is 0 Å². The van der Waals surface area contributed by atoms with Gasteiger partial charge >= 0.3 is 0 Å². The Morgan fingerprint density at radius 2 is 1.78 bits per heavy atom. The molecule has 0 amide bonds. The van der Waals surface area contributed by atoms with Crippen molar-refractivity contribution in [1.29, 1.82) is 0 Å². The summed E-state index contributed by atoms with van der Waals surface area (Å²) in [5, 5.41) is 6.48. The summed E-state index contributed by atoms with van der Waals surface area (Å²) in [7, 11) is 0. The third-order valence-corrected chi connectivity index (χ3v) is 5.38. The van der Waals surface area contributed by atoms with E-state index in [1.807, 2.05) is 30.3 Å². The molecular formula is C22H20FN3O. The Bertz CT molecular complexity index is 1120. The zero-order valence-electron chi connectivity index (χ0n) is 14.9. The fourth-order valence-electron chi connectivity index (χ4n) is 3.95. The van der Waals surface area contributed by atoms with Gasteiger partial charge < -0.3 is 4.74 Å². The van der Waals surface area contributed by atoms with Crippen LogP contribution in [0.25, 0.3) is 27.5 Å². The van der Waals surface area contributed by atoms with Crippen molar-refractivity contribution in [3.8, 4) is 11.6 Å². The van der Waals surface area contributed by atoms with E-state index >= 15 is 0 Å². The van der Waals surface area contributed by atoms with Gasteiger partial charge in [-0.05, 0) is 37.0 Å². The van der Waals surface area contributed by atoms with E-state index in [4.69, 9.17) is 9.84 Å². The first kappa shape index (κ1) is 16.2. The third-order valence-electron chi connectivity index (χ3n) is 5.38. The summed E-state index contributed by atoms with van der Waals surface area (Å²) in [6, 6.07) is 14.5. The van der Waals surface area contributed by atoms with Gasteiger partial charge in [0.2, 0.25) is 5.88 Å². The van der Waals surface area contributed by atoms with E-state index in [0.29, 0.717) is 24.1 Å². The number of hydrogen-bond acceptors (Lipinski definition) is 3. The first-order chi connectivity index (χ1) is 13.3. The normalized spacial score (nSPS) is 15.0. The van der Waals surface area contributed by atoms with Gasteiger partial charge in [0.15, 0.2) is 0 Å². The van der Waals surface area contributed by atoms with Crippen molar-refractivity contribution in [3.05, 3.63) is 60.5 Å². The number of para-hydroxylation sites is 2. The molecule has 4 nitrogen and oxygen atoms in total. The molecule has 2 aromatic carbocycles. The van der Waals surface area contributed by atoms with Gasteiger partial charge in [-0.2, -0.15) is 9.78 Å². The first-order valence-electron chi connectivity index (χ1n) is 9.45. The predicted molar refractivity (Wildman–Crippen MR) is 104 cm³/mol. The zero-order valence-corrected chi connectivity index (χ0v) is 14.9. The van der Waals surface area contributed by atoms with Gasteiger partial charge in [0, 0.05) is 11.6 Å². The Morgan fingerprint density at radius 1 is 1.00 bits per heavy atom. The molecule has 1 saturated carbocycles. The third kappa shape index (κ3) is 2.83. The highest BCUT2D eigenvalue weighted by molar-refractivity contribution is 6.05. The molecular weight excluding hydrogens is 341 g/mol. The molecule has 0 atom stereocenters. The van der Waals surface area contributed by atoms with E-state index in [-0.39, 0.29) is 5.82 Å². The van der Waals surface area contributed by atoms with Gasteiger partial charge in [0.25, 0.3) is 0 Å². The number of aromatic nitrogens is 3. The molecule has 27 heavy (non-hydrogen) atoms. The van der Waals surface area contributed by atoms with Crippen molar-refractivity contribution in [2.24, 2.45) is 5.92 Å². The molecule has 2 heterocycles. The maximum absolute atomic E-state index is 14.5. The lowest BCUT2D eigenvalue weighted by Crippen LogP contribution is -2.11. The molecule has 0 bridgehead atoms. The quantitative estimate of drug-likeness (QED) is 0.496. The van der Waals surface area contributed by atoms with E-state index in [0.717, 1.165) is 21.8 Å². The molecule has 5 heteroatoms. The Kier molecular flexibility index (Phi) is 4.00. The number of pyridine rings is 1. The van der Waals surface area contributed by atoms with Crippen LogP contribution in [0.4, 0.5) is 4.39 Å². The first-order valence-corrected chi connectivity index (χ1v) is 9.45. The molecule has 4 aromatic rings. The average Bonchev–Trinajstić information content (AvgIpc) is 3.34. The largest absolute Gasteiger partial charge is 0.477 e. The Hall–Kier alpha value is -2.95. The van der Waals surface area contributed by atoms with Crippen LogP contribution in [0.1, 0.15) is 25.7 Å². The molecule has 2 aromatic heterocycles. The maximum Gasteiger partial charge on any atom is 0.226 e. The van der Waals surface area contributed by atoms with Crippen molar-refractivity contribution < 1.29 is 9.13 Å². The van der Waals surface area contributed by atoms with Crippen LogP contribution in [0.5, 0.6) is 5.88 Å². The molecule has 0 saturated heterocycles. The number of rotatable bonds is 4. The minimum atomic E-state index is -0.326. The van der Waals surface area contributed by atoms with Gasteiger partial charge in [-0.1, -0.05) is 43.2 Å². The summed E-state index contributed by atoms with van der Waals surface area (Å²) in [4.78, 5) is 4.55. The summed E-state index contributed by atoms with van der Waals surface area (Å²) in [5.41, 5.74) is 2.04. The number of benzene rings is 2. The second-order valence-electron chi connectivity index (χ2n) is 7.17. The molecule has 0 radical (unpaired) electrons. The standard InChI is InChI=1S/C22H20FN3O/c23-18-10-4-6-12-20(18)26-22(27-14-15-7-1-2-8-15)17-13-24-19-11-5-3-9-16(19)21(17)25-26/h3-6,9-13,15H,1-2,7-8,14H2. The highest BCUT2D eigenvalue weighted by Gasteiger charge is 2.21. The minimum Gasteiger partial charge on any atom is -0.477 e. The van der Waals surface area contributed by atoms with Gasteiger partial charge in [-0.25, -0.2) is 4.39 Å². The second-order valence-corrected chi connectivity index (χ2v) is 7.17. The van der Waals surface area contributed by atoms with Crippen LogP contribution in [0.15, 0.2) is 54.7 Å². The number of nitrogens with zero attached hydrogens (tertiary/aromatic N) is 3. The lowest BCUT2D eigenvalue weighted by Gasteiger charge is -2.13. The van der Waals surface area contributed by atoms with Gasteiger partial charge in [0.05, 0.1) is 17.5 Å². The summed E-state index contributed by atoms with van der Waals surface area (Å²) in [6.07, 6.45) is 6.67. The number of ether oxygens (including phenoxy) is 1. The SMILES string of the molecule is Fc1ccccc1-n1nc2c(cnc3ccccc32)c1OCC1CCCC1. The van der Waals surface area contributed by atoms with E-state index in [1.54, 1.807) is 23.0 Å². The summed E-state index contributed by atoms with van der Waals surface area (Å²) < 4.78 is 22.3. The molecule has 0 aliphatic heterocycles. The van der Waals surface area contributed by atoms with Crippen LogP contribution in [0, 0.1) is 11.7 Å². The fraction of sp³-hybridized carbons (Fsp3) is 0.273. The van der Waals surface area contributed by atoms with E-state index in [1.165, 1.54) is 31.7 Å². The Labute approximate surface area is 156 Å². The van der Waals surface area contributed by atoms with E-state index in [2.05, 4.69) is 4.98 Å². The van der Waals surface area contributed by atoms with Crippen LogP contribution >= 0.6 is 0 Å². The number of hydrogen-bond donors (Lipinski definition) is 0. The number of fused-ring (bicyclic) bond motifs is 3. The van der Waals surface area contributed by atoms with E-state index in [9.17, 15) is 4.39 Å². The van der Waals surface area contributed by atoms with Crippen molar-refractivity contribution >= 4 is 21.8 Å². The molecule has 0 spiro atoms. The molecule has 136 valence electrons. The minimum absolute atomic E-state index is 0.326. The molecule has 5 rings (SSSR count). The van der Waals surface area contributed by atoms with Gasteiger partial charge in [-0.15, -0.1) is 0 Å². The maximum atomic E-state index is 14.5. The molecule has 0 N–H and O–H groups in total. The van der Waals surface area contributed by atoms with Crippen molar-refractivity contribution in [1.82, 2.24) is 14.8 Å². The van der Waals surface area contributed by atoms with E-state index < -0.39 is 0 Å². The summed E-state index contributed by atoms with van der Waals surface area (Å²) in [5.74, 6) is 0.797. The Balaban J connectivity index is 1.69. The highest BCUT2D eigenvalue weighted by Crippen LogP contribution is 2.34. The molecule has 1 aliphatic carbocycles. The molecule has 0 unspecified atom stereocenters. The van der Waals surface area contributed by atoms with Gasteiger partial charge in [0.1, 0.15) is 17.0 Å². The van der Waals surface area contributed by atoms with Crippen molar-refractivity contribution in [2.75, 3.05) is 6.61 Å². The topological polar surface area (TPSA) is 39.9 Å².